The van der Waals surface area contributed by atoms with Gasteiger partial charge in [0, 0.05) is 11.9 Å². The number of aliphatic carboxylic acids is 1. The number of carbonyl (C=O) groups excluding carboxylic acids is 2. The van der Waals surface area contributed by atoms with Crippen LogP contribution in [0.5, 0.6) is 0 Å². The van der Waals surface area contributed by atoms with Crippen molar-refractivity contribution in [1.29, 1.82) is 0 Å². The highest BCUT2D eigenvalue weighted by Crippen LogP contribution is 2.48. The number of ether oxygens (including phenoxy) is 1. The Morgan fingerprint density at radius 3 is 2.56 bits per heavy atom. The van der Waals surface area contributed by atoms with Crippen LogP contribution < -0.4 is 5.11 Å². The first-order valence-electron chi connectivity index (χ1n) is 5.14. The maximum Gasteiger partial charge on any atom is 0.311 e. The summed E-state index contributed by atoms with van der Waals surface area (Å²) in [6.07, 6.45) is 9.39. The normalized spacial score (nSPS) is 34.7. The highest BCUT2D eigenvalue weighted by Gasteiger charge is 2.49. The number of allylic oxidation sites excluding steroid dienone is 2. The van der Waals surface area contributed by atoms with Gasteiger partial charge in [-0.05, 0) is 18.3 Å². The predicted octanol–water partition coefficient (Wildman–Crippen LogP) is -0.649. The van der Waals surface area contributed by atoms with Crippen LogP contribution in [0, 0.1) is 36.0 Å². The highest BCUT2D eigenvalue weighted by atomic mass is 16.5. The van der Waals surface area contributed by atoms with E-state index >= 15 is 0 Å². The lowest BCUT2D eigenvalue weighted by molar-refractivity contribution is -0.314. The third-order valence-corrected chi connectivity index (χ3v) is 3.30. The molecule has 2 bridgehead atoms. The molecule has 2 rings (SSSR count). The van der Waals surface area contributed by atoms with Gasteiger partial charge in [0.05, 0.1) is 5.92 Å². The number of fused-ring (bicyclic) bond motifs is 2. The Balaban J connectivity index is 2.14. The lowest BCUT2D eigenvalue weighted by Crippen LogP contribution is -2.41. The molecular formula is C12H11O4-. The maximum absolute atomic E-state index is 11.7. The van der Waals surface area contributed by atoms with Crippen LogP contribution in [0.2, 0.25) is 0 Å². The van der Waals surface area contributed by atoms with E-state index in [1.807, 2.05) is 12.2 Å². The van der Waals surface area contributed by atoms with Gasteiger partial charge in [0.15, 0.2) is 6.61 Å². The quantitative estimate of drug-likeness (QED) is 0.359. The minimum Gasteiger partial charge on any atom is -0.550 e. The molecule has 2 aliphatic rings. The standard InChI is InChI=1S/C12H12O4/c1-2-5-16-12(15)10-8-4-3-7(6-8)9(10)11(13)14/h1,3-4,7-10H,5-6H2,(H,13,14)/p-1/t7-,8-,9-,10-/m0/s1. The van der Waals surface area contributed by atoms with Gasteiger partial charge in [-0.15, -0.1) is 6.42 Å². The second-order valence-electron chi connectivity index (χ2n) is 4.13. The molecule has 4 atom stereocenters. The molecule has 1 saturated carbocycles. The van der Waals surface area contributed by atoms with Crippen molar-refractivity contribution in [2.75, 3.05) is 6.61 Å². The number of hydrogen-bond donors (Lipinski definition) is 0. The number of carbonyl (C=O) groups is 2. The minimum atomic E-state index is -1.18. The van der Waals surface area contributed by atoms with E-state index < -0.39 is 23.8 Å². The number of rotatable bonds is 3. The fourth-order valence-electron chi connectivity index (χ4n) is 2.67. The third kappa shape index (κ3) is 1.58. The van der Waals surface area contributed by atoms with Crippen LogP contribution in [0.4, 0.5) is 0 Å². The molecule has 4 heteroatoms. The Hall–Kier alpha value is -1.76. The lowest BCUT2D eigenvalue weighted by Gasteiger charge is -2.26. The zero-order valence-corrected chi connectivity index (χ0v) is 8.59. The van der Waals surface area contributed by atoms with Crippen molar-refractivity contribution in [3.8, 4) is 12.3 Å². The van der Waals surface area contributed by atoms with E-state index in [4.69, 9.17) is 11.2 Å². The Bertz CT molecular complexity index is 390. The fraction of sp³-hybridized carbons (Fsp3) is 0.500. The molecule has 0 radical (unpaired) electrons. The summed E-state index contributed by atoms with van der Waals surface area (Å²) in [5, 5.41) is 11.0. The molecule has 0 saturated heterocycles. The summed E-state index contributed by atoms with van der Waals surface area (Å²) in [6, 6.07) is 0. The zero-order valence-electron chi connectivity index (χ0n) is 8.59. The molecule has 0 amide bonds. The second kappa shape index (κ2) is 4.01. The first kappa shape index (κ1) is 10.7. The summed E-state index contributed by atoms with van der Waals surface area (Å²) in [5.41, 5.74) is 0. The fourth-order valence-corrected chi connectivity index (χ4v) is 2.67. The van der Waals surface area contributed by atoms with Crippen molar-refractivity contribution >= 4 is 11.9 Å². The van der Waals surface area contributed by atoms with Gasteiger partial charge in [-0.2, -0.15) is 0 Å². The van der Waals surface area contributed by atoms with Crippen LogP contribution in [0.1, 0.15) is 6.42 Å². The summed E-state index contributed by atoms with van der Waals surface area (Å²) in [4.78, 5) is 22.7. The largest absolute Gasteiger partial charge is 0.550 e. The summed E-state index contributed by atoms with van der Waals surface area (Å²) in [7, 11) is 0. The van der Waals surface area contributed by atoms with Gasteiger partial charge >= 0.3 is 5.97 Å². The van der Waals surface area contributed by atoms with E-state index in [0.29, 0.717) is 6.42 Å². The minimum absolute atomic E-state index is 0.0434. The van der Waals surface area contributed by atoms with E-state index in [9.17, 15) is 14.7 Å². The van der Waals surface area contributed by atoms with Crippen LogP contribution in [-0.2, 0) is 14.3 Å². The van der Waals surface area contributed by atoms with Crippen molar-refractivity contribution in [2.45, 2.75) is 6.42 Å². The summed E-state index contributed by atoms with van der Waals surface area (Å²) in [5.74, 6) is -1.06. The predicted molar refractivity (Wildman–Crippen MR) is 52.5 cm³/mol. The Labute approximate surface area is 93.3 Å². The van der Waals surface area contributed by atoms with Gasteiger partial charge in [-0.25, -0.2) is 0 Å². The molecule has 0 heterocycles. The Morgan fingerprint density at radius 2 is 2.00 bits per heavy atom. The van der Waals surface area contributed by atoms with E-state index in [0.717, 1.165) is 0 Å². The van der Waals surface area contributed by atoms with Gasteiger partial charge in [0.25, 0.3) is 0 Å². The second-order valence-corrected chi connectivity index (χ2v) is 4.13. The monoisotopic (exact) mass is 219 g/mol. The molecule has 0 aliphatic heterocycles. The molecule has 0 unspecified atom stereocenters. The van der Waals surface area contributed by atoms with Crippen LogP contribution in [-0.4, -0.2) is 18.5 Å². The van der Waals surface area contributed by atoms with Crippen molar-refractivity contribution in [3.05, 3.63) is 12.2 Å². The van der Waals surface area contributed by atoms with Crippen LogP contribution in [0.3, 0.4) is 0 Å². The van der Waals surface area contributed by atoms with E-state index in [-0.39, 0.29) is 18.4 Å². The zero-order chi connectivity index (χ0) is 11.7. The molecule has 84 valence electrons. The van der Waals surface area contributed by atoms with Crippen LogP contribution in [0.15, 0.2) is 12.2 Å². The number of carboxylic acid groups (broad SMARTS) is 1. The molecule has 0 N–H and O–H groups in total. The Kier molecular flexibility index (Phi) is 2.69. The number of hydrogen-bond acceptors (Lipinski definition) is 4. The average Bonchev–Trinajstić information content (AvgIpc) is 2.84. The summed E-state index contributed by atoms with van der Waals surface area (Å²) in [6.45, 7) is -0.115. The first-order valence-corrected chi connectivity index (χ1v) is 5.14. The first-order chi connectivity index (χ1) is 7.65. The number of terminal acetylenes is 1. The SMILES string of the molecule is C#CCOC(=O)[C@@H]1[C@@H](C(=O)[O-])[C@H]2C=C[C@H]1C2. The molecule has 0 aromatic carbocycles. The van der Waals surface area contributed by atoms with Crippen molar-refractivity contribution < 1.29 is 19.4 Å². The summed E-state index contributed by atoms with van der Waals surface area (Å²) >= 11 is 0. The maximum atomic E-state index is 11.7. The van der Waals surface area contributed by atoms with Gasteiger partial charge in [0.2, 0.25) is 0 Å². The Morgan fingerprint density at radius 1 is 1.38 bits per heavy atom. The third-order valence-electron chi connectivity index (χ3n) is 3.30. The molecule has 0 spiro atoms. The molecule has 0 aromatic rings. The van der Waals surface area contributed by atoms with Crippen molar-refractivity contribution in [3.63, 3.8) is 0 Å². The highest BCUT2D eigenvalue weighted by molar-refractivity contribution is 5.82. The summed E-state index contributed by atoms with van der Waals surface area (Å²) < 4.78 is 4.81. The molecular weight excluding hydrogens is 208 g/mol. The van der Waals surface area contributed by atoms with Gasteiger partial charge in [0.1, 0.15) is 0 Å². The average molecular weight is 219 g/mol. The molecule has 2 aliphatic carbocycles. The van der Waals surface area contributed by atoms with E-state index in [1.165, 1.54) is 0 Å². The van der Waals surface area contributed by atoms with Gasteiger partial charge < -0.3 is 14.6 Å². The topological polar surface area (TPSA) is 66.4 Å². The number of esters is 1. The number of carboxylic acids is 1. The van der Waals surface area contributed by atoms with Gasteiger partial charge in [-0.3, -0.25) is 4.79 Å². The van der Waals surface area contributed by atoms with Crippen molar-refractivity contribution in [1.82, 2.24) is 0 Å². The molecule has 4 nitrogen and oxygen atoms in total. The lowest BCUT2D eigenvalue weighted by atomic mass is 9.83. The molecule has 0 aromatic heterocycles. The van der Waals surface area contributed by atoms with Crippen molar-refractivity contribution in [2.24, 2.45) is 23.7 Å². The van der Waals surface area contributed by atoms with Crippen LogP contribution in [0.25, 0.3) is 0 Å². The van der Waals surface area contributed by atoms with Crippen LogP contribution >= 0.6 is 0 Å². The molecule has 1 fully saturated rings. The molecule has 16 heavy (non-hydrogen) atoms. The van der Waals surface area contributed by atoms with Gasteiger partial charge in [-0.1, -0.05) is 18.1 Å². The smallest absolute Gasteiger partial charge is 0.311 e. The van der Waals surface area contributed by atoms with E-state index in [1.54, 1.807) is 0 Å². The van der Waals surface area contributed by atoms with E-state index in [2.05, 4.69) is 5.92 Å².